The summed E-state index contributed by atoms with van der Waals surface area (Å²) in [6.45, 7) is 10.5. The molecule has 0 aromatic rings. The van der Waals surface area contributed by atoms with Gasteiger partial charge in [0, 0.05) is 0 Å². The first kappa shape index (κ1) is 15.6. The van der Waals surface area contributed by atoms with Gasteiger partial charge in [0.15, 0.2) is 0 Å². The molecule has 1 saturated carbocycles. The lowest BCUT2D eigenvalue weighted by Crippen LogP contribution is -2.35. The van der Waals surface area contributed by atoms with Gasteiger partial charge in [-0.2, -0.15) is 0 Å². The molecule has 0 radical (unpaired) electrons. The molecule has 1 fully saturated rings. The molecule has 18 heavy (non-hydrogen) atoms. The normalized spacial score (nSPS) is 26.6. The lowest BCUT2D eigenvalue weighted by molar-refractivity contribution is 0.148. The van der Waals surface area contributed by atoms with E-state index in [1.165, 1.54) is 32.1 Å². The van der Waals surface area contributed by atoms with Crippen LogP contribution in [-0.4, -0.2) is 12.6 Å². The Morgan fingerprint density at radius 3 is 2.28 bits per heavy atom. The summed E-state index contributed by atoms with van der Waals surface area (Å²) in [4.78, 5) is 0. The molecular weight excluding hydrogens is 218 g/mol. The van der Waals surface area contributed by atoms with E-state index in [2.05, 4.69) is 38.9 Å². The van der Waals surface area contributed by atoms with E-state index in [0.29, 0.717) is 5.41 Å². The van der Waals surface area contributed by atoms with Crippen molar-refractivity contribution in [3.05, 3.63) is 0 Å². The van der Waals surface area contributed by atoms with E-state index in [4.69, 9.17) is 6.42 Å². The topological polar surface area (TPSA) is 12.0 Å². The van der Waals surface area contributed by atoms with Crippen LogP contribution in [0.4, 0.5) is 0 Å². The van der Waals surface area contributed by atoms with Crippen LogP contribution >= 0.6 is 0 Å². The Morgan fingerprint density at radius 2 is 1.83 bits per heavy atom. The van der Waals surface area contributed by atoms with Gasteiger partial charge in [-0.25, -0.2) is 0 Å². The van der Waals surface area contributed by atoms with E-state index in [1.807, 2.05) is 0 Å². The van der Waals surface area contributed by atoms with Crippen molar-refractivity contribution in [3.63, 3.8) is 0 Å². The quantitative estimate of drug-likeness (QED) is 0.719. The van der Waals surface area contributed by atoms with Gasteiger partial charge in [0.25, 0.3) is 0 Å². The first-order chi connectivity index (χ1) is 8.47. The van der Waals surface area contributed by atoms with Gasteiger partial charge in [-0.15, -0.1) is 6.42 Å². The summed E-state index contributed by atoms with van der Waals surface area (Å²) in [5, 5.41) is 3.56. The molecule has 0 saturated heterocycles. The Morgan fingerprint density at radius 1 is 1.22 bits per heavy atom. The Labute approximate surface area is 114 Å². The molecule has 1 unspecified atom stereocenters. The van der Waals surface area contributed by atoms with Gasteiger partial charge in [-0.1, -0.05) is 40.0 Å². The van der Waals surface area contributed by atoms with E-state index in [0.717, 1.165) is 24.8 Å². The van der Waals surface area contributed by atoms with E-state index in [-0.39, 0.29) is 6.04 Å². The molecule has 0 aromatic carbocycles. The molecular formula is C17H31N. The maximum absolute atomic E-state index is 5.54. The van der Waals surface area contributed by atoms with Crippen molar-refractivity contribution in [3.8, 4) is 12.3 Å². The molecule has 1 atom stereocenters. The minimum Gasteiger partial charge on any atom is -0.303 e. The predicted molar refractivity (Wildman–Crippen MR) is 80.4 cm³/mol. The first-order valence-electron chi connectivity index (χ1n) is 7.66. The minimum absolute atomic E-state index is 0.287. The Bertz CT molecular complexity index is 260. The molecule has 1 heteroatoms. The van der Waals surface area contributed by atoms with Gasteiger partial charge in [0.2, 0.25) is 0 Å². The van der Waals surface area contributed by atoms with E-state index in [1.54, 1.807) is 0 Å². The summed E-state index contributed by atoms with van der Waals surface area (Å²) in [6.07, 6.45) is 13.3. The zero-order valence-electron chi connectivity index (χ0n) is 12.8. The summed E-state index contributed by atoms with van der Waals surface area (Å²) in [5.74, 6) is 4.62. The highest BCUT2D eigenvalue weighted by Crippen LogP contribution is 2.39. The Balaban J connectivity index is 2.26. The van der Waals surface area contributed by atoms with Crippen molar-refractivity contribution in [1.82, 2.24) is 5.32 Å². The van der Waals surface area contributed by atoms with Crippen LogP contribution < -0.4 is 5.32 Å². The molecule has 0 heterocycles. The van der Waals surface area contributed by atoms with Crippen molar-refractivity contribution in [2.75, 3.05) is 6.54 Å². The molecule has 1 rings (SSSR count). The van der Waals surface area contributed by atoms with Crippen molar-refractivity contribution >= 4 is 0 Å². The zero-order chi connectivity index (χ0) is 13.6. The number of nitrogens with one attached hydrogen (secondary N) is 1. The second-order valence-electron chi connectivity index (χ2n) is 7.00. The van der Waals surface area contributed by atoms with Crippen molar-refractivity contribution in [2.24, 2.45) is 17.3 Å². The van der Waals surface area contributed by atoms with Crippen LogP contribution in [0, 0.1) is 29.6 Å². The lowest BCUT2D eigenvalue weighted by atomic mass is 9.70. The highest BCUT2D eigenvalue weighted by atomic mass is 14.9. The third-order valence-corrected chi connectivity index (χ3v) is 4.50. The van der Waals surface area contributed by atoms with Gasteiger partial charge < -0.3 is 5.32 Å². The van der Waals surface area contributed by atoms with Crippen LogP contribution in [0.25, 0.3) is 0 Å². The molecule has 104 valence electrons. The van der Waals surface area contributed by atoms with E-state index >= 15 is 0 Å². The summed E-state index contributed by atoms with van der Waals surface area (Å²) in [6, 6.07) is 0.287. The summed E-state index contributed by atoms with van der Waals surface area (Å²) < 4.78 is 0. The third kappa shape index (κ3) is 5.02. The Kier molecular flexibility index (Phi) is 6.22. The van der Waals surface area contributed by atoms with Crippen LogP contribution in [0.1, 0.15) is 66.2 Å². The number of hydrogen-bond acceptors (Lipinski definition) is 1. The predicted octanol–water partition coefficient (Wildman–Crippen LogP) is 4.23. The largest absolute Gasteiger partial charge is 0.303 e. The molecule has 0 aromatic heterocycles. The summed E-state index contributed by atoms with van der Waals surface area (Å²) in [7, 11) is 0. The zero-order valence-corrected chi connectivity index (χ0v) is 12.8. The highest BCUT2D eigenvalue weighted by Gasteiger charge is 2.29. The first-order valence-corrected chi connectivity index (χ1v) is 7.66. The molecule has 1 nitrogen and oxygen atoms in total. The smallest absolute Gasteiger partial charge is 0.0686 e. The van der Waals surface area contributed by atoms with Crippen LogP contribution in [-0.2, 0) is 0 Å². The minimum atomic E-state index is 0.287. The lowest BCUT2D eigenvalue weighted by Gasteiger charge is -2.37. The number of hydrogen-bond donors (Lipinski definition) is 1. The third-order valence-electron chi connectivity index (χ3n) is 4.50. The molecule has 1 N–H and O–H groups in total. The van der Waals surface area contributed by atoms with Crippen molar-refractivity contribution in [2.45, 2.75) is 72.3 Å². The second-order valence-corrected chi connectivity index (χ2v) is 7.00. The van der Waals surface area contributed by atoms with Gasteiger partial charge in [0.1, 0.15) is 0 Å². The van der Waals surface area contributed by atoms with E-state index in [9.17, 15) is 0 Å². The van der Waals surface area contributed by atoms with Crippen LogP contribution in [0.3, 0.4) is 0 Å². The van der Waals surface area contributed by atoms with Gasteiger partial charge in [-0.3, -0.25) is 0 Å². The van der Waals surface area contributed by atoms with Crippen molar-refractivity contribution < 1.29 is 0 Å². The average molecular weight is 249 g/mol. The summed E-state index contributed by atoms with van der Waals surface area (Å²) in [5.41, 5.74) is 0.488. The molecule has 0 aliphatic heterocycles. The number of rotatable bonds is 5. The maximum atomic E-state index is 5.54. The Hall–Kier alpha value is -0.480. The SMILES string of the molecule is C#CC(CCC)NCC1CCC(C(C)(C)C)CC1. The second kappa shape index (κ2) is 7.19. The monoisotopic (exact) mass is 249 g/mol. The average Bonchev–Trinajstić information content (AvgIpc) is 2.34. The fraction of sp³-hybridized carbons (Fsp3) is 0.882. The standard InChI is InChI=1S/C17H31N/c1-6-8-16(7-2)18-13-14-9-11-15(12-10-14)17(3,4)5/h2,14-16,18H,6,8-13H2,1,3-5H3. The van der Waals surface area contributed by atoms with Crippen LogP contribution in [0.5, 0.6) is 0 Å². The highest BCUT2D eigenvalue weighted by molar-refractivity contribution is 4.98. The number of terminal acetylenes is 1. The van der Waals surface area contributed by atoms with E-state index < -0.39 is 0 Å². The van der Waals surface area contributed by atoms with Crippen LogP contribution in [0.15, 0.2) is 0 Å². The molecule has 0 amide bonds. The molecule has 1 aliphatic rings. The van der Waals surface area contributed by atoms with Gasteiger partial charge in [0.05, 0.1) is 6.04 Å². The molecule has 1 aliphatic carbocycles. The van der Waals surface area contributed by atoms with Gasteiger partial charge in [-0.05, 0) is 55.9 Å². The summed E-state index contributed by atoms with van der Waals surface area (Å²) >= 11 is 0. The molecule has 0 spiro atoms. The molecule has 0 bridgehead atoms. The fourth-order valence-electron chi connectivity index (χ4n) is 3.07. The fourth-order valence-corrected chi connectivity index (χ4v) is 3.07. The van der Waals surface area contributed by atoms with Crippen LogP contribution in [0.2, 0.25) is 0 Å². The van der Waals surface area contributed by atoms with Gasteiger partial charge >= 0.3 is 0 Å². The maximum Gasteiger partial charge on any atom is 0.0686 e. The van der Waals surface area contributed by atoms with Crippen molar-refractivity contribution in [1.29, 1.82) is 0 Å².